The van der Waals surface area contributed by atoms with E-state index >= 15 is 0 Å². The number of halogens is 1. The van der Waals surface area contributed by atoms with E-state index < -0.39 is 0 Å². The molecule has 1 aliphatic rings. The Morgan fingerprint density at radius 3 is 2.50 bits per heavy atom. The van der Waals surface area contributed by atoms with Crippen LogP contribution in [0.3, 0.4) is 0 Å². The van der Waals surface area contributed by atoms with Crippen molar-refractivity contribution in [3.63, 3.8) is 0 Å². The van der Waals surface area contributed by atoms with E-state index in [9.17, 15) is 0 Å². The summed E-state index contributed by atoms with van der Waals surface area (Å²) in [6, 6.07) is 9.74. The monoisotopic (exact) mass is 309 g/mol. The van der Waals surface area contributed by atoms with Crippen LogP contribution in [0.15, 0.2) is 28.7 Å². The lowest BCUT2D eigenvalue weighted by molar-refractivity contribution is 0.157. The second-order valence-electron chi connectivity index (χ2n) is 6.23. The van der Waals surface area contributed by atoms with Crippen molar-refractivity contribution in [1.82, 2.24) is 5.32 Å². The molecule has 0 spiro atoms. The summed E-state index contributed by atoms with van der Waals surface area (Å²) in [4.78, 5) is 0. The maximum Gasteiger partial charge on any atom is 0.0294 e. The zero-order chi connectivity index (χ0) is 13.2. The fourth-order valence-corrected chi connectivity index (χ4v) is 3.22. The molecule has 1 saturated carbocycles. The molecule has 1 aromatic carbocycles. The molecule has 0 aliphatic heterocycles. The lowest BCUT2D eigenvalue weighted by atomic mass is 9.73. The molecule has 0 bridgehead atoms. The van der Waals surface area contributed by atoms with Crippen LogP contribution in [0.5, 0.6) is 0 Å². The number of hydrogen-bond donors (Lipinski definition) is 1. The third kappa shape index (κ3) is 3.36. The molecule has 100 valence electrons. The van der Waals surface area contributed by atoms with Crippen molar-refractivity contribution in [3.8, 4) is 0 Å². The summed E-state index contributed by atoms with van der Waals surface area (Å²) in [7, 11) is 0. The van der Waals surface area contributed by atoms with Crippen LogP contribution in [0.2, 0.25) is 0 Å². The van der Waals surface area contributed by atoms with Gasteiger partial charge in [-0.15, -0.1) is 0 Å². The van der Waals surface area contributed by atoms with Gasteiger partial charge in [-0.1, -0.05) is 54.8 Å². The average molecular weight is 310 g/mol. The molecular weight excluding hydrogens is 286 g/mol. The van der Waals surface area contributed by atoms with E-state index in [1.165, 1.54) is 31.2 Å². The Morgan fingerprint density at radius 1 is 1.22 bits per heavy atom. The normalized spacial score (nSPS) is 24.8. The van der Waals surface area contributed by atoms with Crippen molar-refractivity contribution in [1.29, 1.82) is 0 Å². The van der Waals surface area contributed by atoms with Gasteiger partial charge >= 0.3 is 0 Å². The Morgan fingerprint density at radius 2 is 1.89 bits per heavy atom. The van der Waals surface area contributed by atoms with Gasteiger partial charge in [0.25, 0.3) is 0 Å². The van der Waals surface area contributed by atoms with Crippen LogP contribution in [-0.4, -0.2) is 6.04 Å². The van der Waals surface area contributed by atoms with Gasteiger partial charge in [0.15, 0.2) is 0 Å². The molecular formula is C16H24BrN. The SMILES string of the molecule is C[C@@H](NC1CCCCC1(C)C)c1ccc(Br)cc1. The predicted molar refractivity (Wildman–Crippen MR) is 81.7 cm³/mol. The fraction of sp³-hybridized carbons (Fsp3) is 0.625. The summed E-state index contributed by atoms with van der Waals surface area (Å²) >= 11 is 3.49. The van der Waals surface area contributed by atoms with Gasteiger partial charge in [0, 0.05) is 16.6 Å². The van der Waals surface area contributed by atoms with E-state index in [-0.39, 0.29) is 0 Å². The predicted octanol–water partition coefficient (Wildman–Crippen LogP) is 5.07. The first kappa shape index (κ1) is 14.1. The zero-order valence-corrected chi connectivity index (χ0v) is 13.3. The first-order chi connectivity index (χ1) is 8.49. The minimum Gasteiger partial charge on any atom is -0.307 e. The Balaban J connectivity index is 2.02. The second kappa shape index (κ2) is 5.75. The quantitative estimate of drug-likeness (QED) is 0.822. The van der Waals surface area contributed by atoms with Crippen molar-refractivity contribution >= 4 is 15.9 Å². The summed E-state index contributed by atoms with van der Waals surface area (Å²) in [6.07, 6.45) is 5.41. The summed E-state index contributed by atoms with van der Waals surface area (Å²) in [5.74, 6) is 0. The van der Waals surface area contributed by atoms with Crippen molar-refractivity contribution in [2.24, 2.45) is 5.41 Å². The molecule has 1 aromatic rings. The average Bonchev–Trinajstić information content (AvgIpc) is 2.32. The van der Waals surface area contributed by atoms with E-state index in [0.717, 1.165) is 4.47 Å². The number of nitrogens with one attached hydrogen (secondary N) is 1. The number of hydrogen-bond acceptors (Lipinski definition) is 1. The van der Waals surface area contributed by atoms with Gasteiger partial charge in [-0.3, -0.25) is 0 Å². The summed E-state index contributed by atoms with van der Waals surface area (Å²) in [6.45, 7) is 7.07. The maximum atomic E-state index is 3.83. The lowest BCUT2D eigenvalue weighted by Crippen LogP contribution is -2.45. The van der Waals surface area contributed by atoms with Crippen LogP contribution in [0.1, 0.15) is 58.1 Å². The molecule has 1 nitrogen and oxygen atoms in total. The van der Waals surface area contributed by atoms with Crippen LogP contribution >= 0.6 is 15.9 Å². The Kier molecular flexibility index (Phi) is 4.50. The Bertz CT molecular complexity index is 383. The van der Waals surface area contributed by atoms with Gasteiger partial charge in [-0.25, -0.2) is 0 Å². The molecule has 1 aliphatic carbocycles. The Labute approximate surface area is 119 Å². The van der Waals surface area contributed by atoms with E-state index in [4.69, 9.17) is 0 Å². The van der Waals surface area contributed by atoms with E-state index in [1.807, 2.05) is 0 Å². The van der Waals surface area contributed by atoms with Gasteiger partial charge in [0.1, 0.15) is 0 Å². The molecule has 1 unspecified atom stereocenters. The summed E-state index contributed by atoms with van der Waals surface area (Å²) in [5.41, 5.74) is 1.81. The molecule has 18 heavy (non-hydrogen) atoms. The highest BCUT2D eigenvalue weighted by Crippen LogP contribution is 2.36. The molecule has 1 fully saturated rings. The highest BCUT2D eigenvalue weighted by atomic mass is 79.9. The number of rotatable bonds is 3. The van der Waals surface area contributed by atoms with Crippen LogP contribution in [0.25, 0.3) is 0 Å². The van der Waals surface area contributed by atoms with Crippen LogP contribution in [0.4, 0.5) is 0 Å². The molecule has 2 rings (SSSR count). The van der Waals surface area contributed by atoms with Gasteiger partial charge in [-0.05, 0) is 42.9 Å². The lowest BCUT2D eigenvalue weighted by Gasteiger charge is -2.40. The molecule has 2 atom stereocenters. The van der Waals surface area contributed by atoms with Crippen molar-refractivity contribution < 1.29 is 0 Å². The Hall–Kier alpha value is -0.340. The number of benzene rings is 1. The summed E-state index contributed by atoms with van der Waals surface area (Å²) in [5, 5.41) is 3.83. The zero-order valence-electron chi connectivity index (χ0n) is 11.7. The largest absolute Gasteiger partial charge is 0.307 e. The minimum atomic E-state index is 0.431. The first-order valence-electron chi connectivity index (χ1n) is 7.00. The summed E-state index contributed by atoms with van der Waals surface area (Å²) < 4.78 is 1.15. The molecule has 0 aromatic heterocycles. The van der Waals surface area contributed by atoms with Gasteiger partial charge < -0.3 is 5.32 Å². The molecule has 0 heterocycles. The molecule has 0 amide bonds. The van der Waals surface area contributed by atoms with Gasteiger partial charge in [0.05, 0.1) is 0 Å². The third-order valence-corrected chi connectivity index (χ3v) is 4.86. The highest BCUT2D eigenvalue weighted by molar-refractivity contribution is 9.10. The molecule has 1 N–H and O–H groups in total. The van der Waals surface area contributed by atoms with Gasteiger partial charge in [-0.2, -0.15) is 0 Å². The fourth-order valence-electron chi connectivity index (χ4n) is 2.95. The van der Waals surface area contributed by atoms with Crippen LogP contribution < -0.4 is 5.32 Å². The maximum absolute atomic E-state index is 3.83. The molecule has 2 heteroatoms. The highest BCUT2D eigenvalue weighted by Gasteiger charge is 2.32. The van der Waals surface area contributed by atoms with Crippen LogP contribution in [-0.2, 0) is 0 Å². The molecule has 0 radical (unpaired) electrons. The second-order valence-corrected chi connectivity index (χ2v) is 7.14. The standard InChI is InChI=1S/C16H24BrN/c1-12(13-7-9-14(17)10-8-13)18-15-6-4-5-11-16(15,2)3/h7-10,12,15,18H,4-6,11H2,1-3H3/t12-,15?/m1/s1. The van der Waals surface area contributed by atoms with E-state index in [2.05, 4.69) is 66.3 Å². The first-order valence-corrected chi connectivity index (χ1v) is 7.80. The smallest absolute Gasteiger partial charge is 0.0294 e. The van der Waals surface area contributed by atoms with E-state index in [0.29, 0.717) is 17.5 Å². The molecule has 0 saturated heterocycles. The topological polar surface area (TPSA) is 12.0 Å². The van der Waals surface area contributed by atoms with Crippen molar-refractivity contribution in [2.75, 3.05) is 0 Å². The van der Waals surface area contributed by atoms with Crippen molar-refractivity contribution in [3.05, 3.63) is 34.3 Å². The minimum absolute atomic E-state index is 0.431. The van der Waals surface area contributed by atoms with Crippen LogP contribution in [0, 0.1) is 5.41 Å². The van der Waals surface area contributed by atoms with E-state index in [1.54, 1.807) is 0 Å². The van der Waals surface area contributed by atoms with Gasteiger partial charge in [0.2, 0.25) is 0 Å². The third-order valence-electron chi connectivity index (χ3n) is 4.33. The van der Waals surface area contributed by atoms with Crippen molar-refractivity contribution in [2.45, 2.75) is 58.5 Å².